The van der Waals surface area contributed by atoms with E-state index >= 15 is 0 Å². The molecule has 98 valence electrons. The molecule has 5 nitrogen and oxygen atoms in total. The van der Waals surface area contributed by atoms with Crippen LogP contribution in [0.25, 0.3) is 0 Å². The van der Waals surface area contributed by atoms with E-state index in [1.807, 2.05) is 23.8 Å². The highest BCUT2D eigenvalue weighted by atomic mass is 32.1. The maximum atomic E-state index is 12.0. The van der Waals surface area contributed by atoms with Crippen LogP contribution >= 0.6 is 11.3 Å². The summed E-state index contributed by atoms with van der Waals surface area (Å²) in [5.41, 5.74) is 0.806. The van der Waals surface area contributed by atoms with Gasteiger partial charge in [0, 0.05) is 6.20 Å². The number of carboxylic acid groups (broad SMARTS) is 1. The largest absolute Gasteiger partial charge is 0.478 e. The second-order valence-corrected chi connectivity index (χ2v) is 4.74. The highest BCUT2D eigenvalue weighted by Crippen LogP contribution is 2.16. The van der Waals surface area contributed by atoms with Crippen molar-refractivity contribution in [1.29, 1.82) is 0 Å². The number of carbonyl (C=O) groups excluding carboxylic acids is 1. The van der Waals surface area contributed by atoms with Gasteiger partial charge < -0.3 is 10.4 Å². The van der Waals surface area contributed by atoms with Gasteiger partial charge in [-0.05, 0) is 41.4 Å². The van der Waals surface area contributed by atoms with E-state index in [9.17, 15) is 9.59 Å². The Morgan fingerprint density at radius 3 is 2.84 bits per heavy atom. The van der Waals surface area contributed by atoms with E-state index in [4.69, 9.17) is 5.11 Å². The van der Waals surface area contributed by atoms with Crippen molar-refractivity contribution in [3.8, 4) is 0 Å². The van der Waals surface area contributed by atoms with Crippen molar-refractivity contribution in [1.82, 2.24) is 10.3 Å². The first-order valence-corrected chi connectivity index (χ1v) is 6.55. The van der Waals surface area contributed by atoms with Gasteiger partial charge in [0.2, 0.25) is 0 Å². The molecule has 1 atom stereocenters. The fourth-order valence-electron chi connectivity index (χ4n) is 1.63. The van der Waals surface area contributed by atoms with E-state index in [0.29, 0.717) is 0 Å². The molecule has 2 aromatic rings. The van der Waals surface area contributed by atoms with Crippen molar-refractivity contribution >= 4 is 23.2 Å². The van der Waals surface area contributed by atoms with Gasteiger partial charge in [0.25, 0.3) is 5.91 Å². The Labute approximate surface area is 113 Å². The molecular formula is C13H12N2O3S. The van der Waals surface area contributed by atoms with Gasteiger partial charge in [0.15, 0.2) is 0 Å². The van der Waals surface area contributed by atoms with Crippen LogP contribution in [-0.4, -0.2) is 22.0 Å². The lowest BCUT2D eigenvalue weighted by molar-refractivity contribution is 0.0689. The van der Waals surface area contributed by atoms with Crippen LogP contribution in [0.4, 0.5) is 0 Å². The molecular weight excluding hydrogens is 264 g/mol. The number of carboxylic acids is 1. The van der Waals surface area contributed by atoms with Crippen molar-refractivity contribution in [2.45, 2.75) is 13.0 Å². The number of amides is 1. The second kappa shape index (κ2) is 5.62. The predicted molar refractivity (Wildman–Crippen MR) is 71.4 cm³/mol. The number of hydrogen-bond donors (Lipinski definition) is 2. The topological polar surface area (TPSA) is 79.3 Å². The van der Waals surface area contributed by atoms with Gasteiger partial charge in [-0.3, -0.25) is 9.78 Å². The highest BCUT2D eigenvalue weighted by Gasteiger charge is 2.19. The molecule has 0 radical (unpaired) electrons. The summed E-state index contributed by atoms with van der Waals surface area (Å²) in [6, 6.07) is 4.57. The fraction of sp³-hybridized carbons (Fsp3) is 0.154. The maximum absolute atomic E-state index is 12.0. The Kier molecular flexibility index (Phi) is 3.91. The summed E-state index contributed by atoms with van der Waals surface area (Å²) in [6.07, 6.45) is 1.40. The quantitative estimate of drug-likeness (QED) is 0.898. The molecule has 0 saturated carbocycles. The Bertz CT molecular complexity index is 596. The molecule has 19 heavy (non-hydrogen) atoms. The van der Waals surface area contributed by atoms with E-state index < -0.39 is 11.9 Å². The number of hydrogen-bond acceptors (Lipinski definition) is 4. The van der Waals surface area contributed by atoms with Crippen LogP contribution in [0.2, 0.25) is 0 Å². The minimum atomic E-state index is -1.17. The number of nitrogens with one attached hydrogen (secondary N) is 1. The molecule has 2 aromatic heterocycles. The first kappa shape index (κ1) is 13.2. The molecule has 6 heteroatoms. The van der Waals surface area contributed by atoms with Crippen LogP contribution < -0.4 is 5.32 Å². The van der Waals surface area contributed by atoms with Crippen LogP contribution in [0.1, 0.15) is 39.4 Å². The van der Waals surface area contributed by atoms with Gasteiger partial charge in [-0.15, -0.1) is 0 Å². The Hall–Kier alpha value is -2.21. The summed E-state index contributed by atoms with van der Waals surface area (Å²) in [5, 5.41) is 15.6. The summed E-state index contributed by atoms with van der Waals surface area (Å²) < 4.78 is 0. The number of aromatic carboxylic acids is 1. The predicted octanol–water partition coefficient (Wildman–Crippen LogP) is 2.33. The van der Waals surface area contributed by atoms with Crippen molar-refractivity contribution < 1.29 is 14.7 Å². The zero-order valence-corrected chi connectivity index (χ0v) is 11.0. The lowest BCUT2D eigenvalue weighted by atomic mass is 10.1. The minimum Gasteiger partial charge on any atom is -0.478 e. The number of pyridine rings is 1. The van der Waals surface area contributed by atoms with Gasteiger partial charge in [-0.2, -0.15) is 11.3 Å². The van der Waals surface area contributed by atoms with Gasteiger partial charge in [0.05, 0.1) is 11.6 Å². The molecule has 0 saturated heterocycles. The van der Waals surface area contributed by atoms with Gasteiger partial charge in [-0.1, -0.05) is 0 Å². The molecule has 0 fully saturated rings. The smallest absolute Gasteiger partial charge is 0.338 e. The van der Waals surface area contributed by atoms with Crippen molar-refractivity contribution in [2.24, 2.45) is 0 Å². The number of nitrogens with zero attached hydrogens (tertiary/aromatic N) is 1. The molecule has 0 spiro atoms. The number of aromatic nitrogens is 1. The summed E-state index contributed by atoms with van der Waals surface area (Å²) in [6.45, 7) is 1.84. The third-order valence-electron chi connectivity index (χ3n) is 2.64. The standard InChI is InChI=1S/C13H12N2O3S/c1-8(9-4-6-19-7-9)15-12(16)11-10(13(17)18)3-2-5-14-11/h2-8H,1H3,(H,15,16)(H,17,18). The SMILES string of the molecule is CC(NC(=O)c1ncccc1C(=O)O)c1ccsc1. The van der Waals surface area contributed by atoms with Crippen LogP contribution in [0.15, 0.2) is 35.2 Å². The van der Waals surface area contributed by atoms with E-state index in [1.165, 1.54) is 29.7 Å². The Morgan fingerprint density at radius 2 is 2.21 bits per heavy atom. The van der Waals surface area contributed by atoms with Crippen LogP contribution in [0, 0.1) is 0 Å². The van der Waals surface area contributed by atoms with E-state index in [1.54, 1.807) is 0 Å². The maximum Gasteiger partial charge on any atom is 0.338 e. The first-order valence-electron chi connectivity index (χ1n) is 5.61. The Morgan fingerprint density at radius 1 is 1.42 bits per heavy atom. The molecule has 2 N–H and O–H groups in total. The van der Waals surface area contributed by atoms with Crippen molar-refractivity contribution in [2.75, 3.05) is 0 Å². The third kappa shape index (κ3) is 2.97. The lowest BCUT2D eigenvalue weighted by Crippen LogP contribution is -2.28. The molecule has 0 aliphatic carbocycles. The fourth-order valence-corrected chi connectivity index (χ4v) is 2.38. The summed E-state index contributed by atoms with van der Waals surface area (Å²) in [4.78, 5) is 26.9. The number of thiophene rings is 1. The zero-order valence-electron chi connectivity index (χ0n) is 10.2. The van der Waals surface area contributed by atoms with Crippen LogP contribution in [0.5, 0.6) is 0 Å². The van der Waals surface area contributed by atoms with Crippen molar-refractivity contribution in [3.63, 3.8) is 0 Å². The monoisotopic (exact) mass is 276 g/mol. The molecule has 0 aliphatic heterocycles. The van der Waals surface area contributed by atoms with Gasteiger partial charge >= 0.3 is 5.97 Å². The summed E-state index contributed by atoms with van der Waals surface area (Å²) >= 11 is 1.54. The molecule has 0 bridgehead atoms. The normalized spacial score (nSPS) is 11.8. The zero-order chi connectivity index (χ0) is 13.8. The molecule has 2 rings (SSSR count). The molecule has 1 amide bonds. The van der Waals surface area contributed by atoms with E-state index in [-0.39, 0.29) is 17.3 Å². The average molecular weight is 276 g/mol. The molecule has 1 unspecified atom stereocenters. The Balaban J connectivity index is 2.19. The lowest BCUT2D eigenvalue weighted by Gasteiger charge is -2.13. The van der Waals surface area contributed by atoms with Gasteiger partial charge in [0.1, 0.15) is 5.69 Å². The molecule has 0 aromatic carbocycles. The molecule has 2 heterocycles. The number of carbonyl (C=O) groups is 2. The average Bonchev–Trinajstić information content (AvgIpc) is 2.92. The number of rotatable bonds is 4. The summed E-state index contributed by atoms with van der Waals surface area (Å²) in [5.74, 6) is -1.65. The van der Waals surface area contributed by atoms with Crippen LogP contribution in [-0.2, 0) is 0 Å². The molecule has 0 aliphatic rings. The minimum absolute atomic E-state index is 0.0721. The first-order chi connectivity index (χ1) is 9.09. The van der Waals surface area contributed by atoms with E-state index in [0.717, 1.165) is 5.56 Å². The second-order valence-electron chi connectivity index (χ2n) is 3.96. The highest BCUT2D eigenvalue weighted by molar-refractivity contribution is 7.07. The summed E-state index contributed by atoms with van der Waals surface area (Å²) in [7, 11) is 0. The van der Waals surface area contributed by atoms with E-state index in [2.05, 4.69) is 10.3 Å². The van der Waals surface area contributed by atoms with Crippen molar-refractivity contribution in [3.05, 3.63) is 52.0 Å². The third-order valence-corrected chi connectivity index (χ3v) is 3.35. The van der Waals surface area contributed by atoms with Crippen LogP contribution in [0.3, 0.4) is 0 Å². The van der Waals surface area contributed by atoms with Gasteiger partial charge in [-0.25, -0.2) is 4.79 Å².